The quantitative estimate of drug-likeness (QED) is 0.643. The van der Waals surface area contributed by atoms with E-state index in [-0.39, 0.29) is 17.2 Å². The lowest BCUT2D eigenvalue weighted by atomic mass is 10.1. The zero-order chi connectivity index (χ0) is 13.9. The molecule has 2 atom stereocenters. The molecule has 1 heterocycles. The molecule has 106 valence electrons. The number of alkyl halides is 4. The molecule has 1 saturated carbocycles. The van der Waals surface area contributed by atoms with Crippen LogP contribution in [-0.2, 0) is 6.18 Å². The lowest BCUT2D eigenvalue weighted by Crippen LogP contribution is -2.29. The second-order valence-electron chi connectivity index (χ2n) is 4.81. The number of hydrogen-bond acceptors (Lipinski definition) is 2. The van der Waals surface area contributed by atoms with Crippen LogP contribution in [0.2, 0.25) is 0 Å². The van der Waals surface area contributed by atoms with Crippen molar-refractivity contribution in [2.75, 3.05) is 5.32 Å². The highest BCUT2D eigenvalue weighted by Gasteiger charge is 2.32. The number of rotatable bonds is 2. The maximum atomic E-state index is 12.6. The summed E-state index contributed by atoms with van der Waals surface area (Å²) in [5.41, 5.74) is -0.878. The van der Waals surface area contributed by atoms with Crippen molar-refractivity contribution in [3.05, 3.63) is 23.9 Å². The van der Waals surface area contributed by atoms with Crippen LogP contribution in [0.25, 0.3) is 0 Å². The van der Waals surface area contributed by atoms with E-state index in [0.717, 1.165) is 38.2 Å². The molecule has 1 aliphatic carbocycles. The lowest BCUT2D eigenvalue weighted by molar-refractivity contribution is -0.141. The van der Waals surface area contributed by atoms with Crippen molar-refractivity contribution in [1.82, 2.24) is 4.98 Å². The molecule has 0 spiro atoms. The summed E-state index contributed by atoms with van der Waals surface area (Å²) in [6, 6.07) is 3.86. The van der Waals surface area contributed by atoms with Gasteiger partial charge >= 0.3 is 6.18 Å². The average molecular weight is 293 g/mol. The minimum atomic E-state index is -4.42. The minimum Gasteiger partial charge on any atom is -0.366 e. The van der Waals surface area contributed by atoms with E-state index in [9.17, 15) is 13.2 Å². The number of pyridine rings is 1. The van der Waals surface area contributed by atoms with Crippen LogP contribution in [0, 0.1) is 0 Å². The third kappa shape index (κ3) is 4.00. The number of halogens is 4. The Hall–Kier alpha value is -0.970. The Balaban J connectivity index is 2.09. The zero-order valence-electron chi connectivity index (χ0n) is 10.4. The first-order valence-electron chi connectivity index (χ1n) is 6.41. The molecule has 19 heavy (non-hydrogen) atoms. The predicted octanol–water partition coefficient (Wildman–Crippen LogP) is 4.45. The number of anilines is 1. The Morgan fingerprint density at radius 1 is 1.16 bits per heavy atom. The second kappa shape index (κ2) is 5.99. The molecule has 1 fully saturated rings. The number of nitrogens with zero attached hydrogens (tertiary/aromatic N) is 1. The summed E-state index contributed by atoms with van der Waals surface area (Å²) in [7, 11) is 0. The molecule has 0 radical (unpaired) electrons. The highest BCUT2D eigenvalue weighted by molar-refractivity contribution is 6.21. The second-order valence-corrected chi connectivity index (χ2v) is 5.37. The van der Waals surface area contributed by atoms with Crippen LogP contribution in [0.15, 0.2) is 18.2 Å². The normalized spacial score (nSPS) is 24.8. The van der Waals surface area contributed by atoms with Crippen molar-refractivity contribution < 1.29 is 13.2 Å². The maximum Gasteiger partial charge on any atom is 0.433 e. The topological polar surface area (TPSA) is 24.9 Å². The van der Waals surface area contributed by atoms with Gasteiger partial charge in [-0.05, 0) is 25.0 Å². The van der Waals surface area contributed by atoms with E-state index >= 15 is 0 Å². The van der Waals surface area contributed by atoms with E-state index in [1.165, 1.54) is 6.07 Å². The summed E-state index contributed by atoms with van der Waals surface area (Å²) >= 11 is 6.25. The molecule has 0 bridgehead atoms. The summed E-state index contributed by atoms with van der Waals surface area (Å²) in [6.07, 6.45) is 0.575. The Bertz CT molecular complexity index is 423. The molecule has 2 rings (SSSR count). The van der Waals surface area contributed by atoms with Crippen LogP contribution in [0.4, 0.5) is 19.0 Å². The predicted molar refractivity (Wildman–Crippen MR) is 69.4 cm³/mol. The van der Waals surface area contributed by atoms with E-state index in [1.54, 1.807) is 6.07 Å². The molecule has 1 aromatic rings. The van der Waals surface area contributed by atoms with Gasteiger partial charge in [0.25, 0.3) is 0 Å². The van der Waals surface area contributed by atoms with Gasteiger partial charge in [0.1, 0.15) is 11.5 Å². The molecule has 0 saturated heterocycles. The minimum absolute atomic E-state index is 0.0137. The third-order valence-corrected chi connectivity index (χ3v) is 3.83. The Kier molecular flexibility index (Phi) is 4.55. The SMILES string of the molecule is FC(F)(F)c1cccc(NC2CCCCCC2Cl)n1. The van der Waals surface area contributed by atoms with Gasteiger partial charge in [-0.2, -0.15) is 13.2 Å². The molecule has 0 amide bonds. The van der Waals surface area contributed by atoms with Crippen molar-refractivity contribution in [1.29, 1.82) is 0 Å². The van der Waals surface area contributed by atoms with Gasteiger partial charge in [-0.3, -0.25) is 0 Å². The fourth-order valence-corrected chi connectivity index (χ4v) is 2.63. The van der Waals surface area contributed by atoms with Gasteiger partial charge in [-0.25, -0.2) is 4.98 Å². The number of hydrogen-bond donors (Lipinski definition) is 1. The van der Waals surface area contributed by atoms with E-state index < -0.39 is 11.9 Å². The van der Waals surface area contributed by atoms with Crippen LogP contribution in [0.5, 0.6) is 0 Å². The van der Waals surface area contributed by atoms with E-state index in [2.05, 4.69) is 10.3 Å². The van der Waals surface area contributed by atoms with Crippen molar-refractivity contribution in [3.8, 4) is 0 Å². The standard InChI is InChI=1S/C13H16ClF3N2/c14-9-5-2-1-3-6-10(9)18-12-8-4-7-11(19-12)13(15,16)17/h4,7-10H,1-3,5-6H2,(H,18,19). The molecule has 2 unspecified atom stereocenters. The molecule has 1 aliphatic rings. The van der Waals surface area contributed by atoms with Crippen molar-refractivity contribution in [2.24, 2.45) is 0 Å². The lowest BCUT2D eigenvalue weighted by Gasteiger charge is -2.22. The number of nitrogens with one attached hydrogen (secondary N) is 1. The molecule has 1 N–H and O–H groups in total. The fourth-order valence-electron chi connectivity index (χ4n) is 2.29. The largest absolute Gasteiger partial charge is 0.433 e. The monoisotopic (exact) mass is 292 g/mol. The summed E-state index contributed by atoms with van der Waals surface area (Å²) in [5.74, 6) is 0.243. The molecule has 1 aromatic heterocycles. The van der Waals surface area contributed by atoms with Gasteiger partial charge in [0.05, 0.1) is 5.38 Å². The highest BCUT2D eigenvalue weighted by Crippen LogP contribution is 2.29. The Morgan fingerprint density at radius 3 is 2.63 bits per heavy atom. The average Bonchev–Trinajstić information content (AvgIpc) is 2.54. The Morgan fingerprint density at radius 2 is 1.89 bits per heavy atom. The first-order chi connectivity index (χ1) is 8.97. The summed E-state index contributed by atoms with van der Waals surface area (Å²) in [6.45, 7) is 0. The van der Waals surface area contributed by atoms with Crippen LogP contribution >= 0.6 is 11.6 Å². The van der Waals surface area contributed by atoms with E-state index in [4.69, 9.17) is 11.6 Å². The van der Waals surface area contributed by atoms with Gasteiger partial charge in [0.2, 0.25) is 0 Å². The van der Waals surface area contributed by atoms with Gasteiger partial charge in [0.15, 0.2) is 0 Å². The summed E-state index contributed by atoms with van der Waals surface area (Å²) in [5, 5.41) is 2.98. The molecular weight excluding hydrogens is 277 g/mol. The van der Waals surface area contributed by atoms with Crippen LogP contribution in [0.3, 0.4) is 0 Å². The molecule has 2 nitrogen and oxygen atoms in total. The molecular formula is C13H16ClF3N2. The van der Waals surface area contributed by atoms with Gasteiger partial charge < -0.3 is 5.32 Å². The van der Waals surface area contributed by atoms with Crippen molar-refractivity contribution >= 4 is 17.4 Å². The van der Waals surface area contributed by atoms with Gasteiger partial charge in [-0.1, -0.05) is 25.3 Å². The number of aromatic nitrogens is 1. The third-order valence-electron chi connectivity index (χ3n) is 3.30. The van der Waals surface area contributed by atoms with Crippen molar-refractivity contribution in [2.45, 2.75) is 49.7 Å². The van der Waals surface area contributed by atoms with Crippen molar-refractivity contribution in [3.63, 3.8) is 0 Å². The first kappa shape index (κ1) is 14.4. The highest BCUT2D eigenvalue weighted by atomic mass is 35.5. The van der Waals surface area contributed by atoms with Crippen LogP contribution < -0.4 is 5.32 Å². The smallest absolute Gasteiger partial charge is 0.366 e. The molecule has 0 aromatic carbocycles. The van der Waals surface area contributed by atoms with Gasteiger partial charge in [-0.15, -0.1) is 11.6 Å². The fraction of sp³-hybridized carbons (Fsp3) is 0.615. The zero-order valence-corrected chi connectivity index (χ0v) is 11.1. The summed E-state index contributed by atoms with van der Waals surface area (Å²) in [4.78, 5) is 3.61. The van der Waals surface area contributed by atoms with Crippen LogP contribution in [0.1, 0.15) is 37.8 Å². The van der Waals surface area contributed by atoms with E-state index in [0.29, 0.717) is 0 Å². The summed E-state index contributed by atoms with van der Waals surface area (Å²) < 4.78 is 37.7. The first-order valence-corrected chi connectivity index (χ1v) is 6.85. The Labute approximate surface area is 115 Å². The molecule has 0 aliphatic heterocycles. The van der Waals surface area contributed by atoms with Crippen LogP contribution in [-0.4, -0.2) is 16.4 Å². The maximum absolute atomic E-state index is 12.6. The van der Waals surface area contributed by atoms with Gasteiger partial charge in [0, 0.05) is 6.04 Å². The van der Waals surface area contributed by atoms with E-state index in [1.807, 2.05) is 0 Å². The molecule has 6 heteroatoms.